The highest BCUT2D eigenvalue weighted by molar-refractivity contribution is 5.97. The Balaban J connectivity index is 1.51. The molecule has 1 saturated heterocycles. The van der Waals surface area contributed by atoms with Crippen LogP contribution in [0.25, 0.3) is 0 Å². The molecule has 0 radical (unpaired) electrons. The van der Waals surface area contributed by atoms with Crippen LogP contribution in [0.3, 0.4) is 0 Å². The molecule has 3 rings (SSSR count). The minimum absolute atomic E-state index is 0.0540. The summed E-state index contributed by atoms with van der Waals surface area (Å²) in [6.07, 6.45) is 3.30. The number of hydrogen-bond acceptors (Lipinski definition) is 4. The summed E-state index contributed by atoms with van der Waals surface area (Å²) in [4.78, 5) is 37.6. The lowest BCUT2D eigenvalue weighted by Crippen LogP contribution is -2.35. The zero-order valence-electron chi connectivity index (χ0n) is 15.6. The van der Waals surface area contributed by atoms with E-state index >= 15 is 0 Å². The Kier molecular flexibility index (Phi) is 6.26. The van der Waals surface area contributed by atoms with Gasteiger partial charge in [0.05, 0.1) is 6.54 Å². The van der Waals surface area contributed by atoms with Crippen LogP contribution in [0, 0.1) is 0 Å². The first kappa shape index (κ1) is 19.4. The standard InChI is InChI=1S/C21H24N4O3/c22-20(27)16-5-4-6-18(13-16)24-19(26)14-23-17-9-7-15(8-10-17)21(28)25-11-2-1-3-12-25/h4-10,13,23H,1-3,11-12,14H2,(H2,22,27)(H,24,26). The summed E-state index contributed by atoms with van der Waals surface area (Å²) in [6.45, 7) is 1.69. The van der Waals surface area contributed by atoms with Gasteiger partial charge in [0.15, 0.2) is 0 Å². The fourth-order valence-electron chi connectivity index (χ4n) is 3.15. The molecule has 146 valence electrons. The number of carbonyl (C=O) groups is 3. The molecule has 28 heavy (non-hydrogen) atoms. The number of rotatable bonds is 6. The average Bonchev–Trinajstić information content (AvgIpc) is 2.73. The van der Waals surface area contributed by atoms with Gasteiger partial charge >= 0.3 is 0 Å². The summed E-state index contributed by atoms with van der Waals surface area (Å²) in [7, 11) is 0. The number of hydrogen-bond donors (Lipinski definition) is 3. The van der Waals surface area contributed by atoms with Gasteiger partial charge in [-0.15, -0.1) is 0 Å². The monoisotopic (exact) mass is 380 g/mol. The van der Waals surface area contributed by atoms with Crippen LogP contribution < -0.4 is 16.4 Å². The number of carbonyl (C=O) groups excluding carboxylic acids is 3. The van der Waals surface area contributed by atoms with Crippen molar-refractivity contribution < 1.29 is 14.4 Å². The molecule has 1 fully saturated rings. The molecule has 0 bridgehead atoms. The predicted molar refractivity (Wildman–Crippen MR) is 108 cm³/mol. The largest absolute Gasteiger partial charge is 0.376 e. The van der Waals surface area contributed by atoms with E-state index in [2.05, 4.69) is 10.6 Å². The van der Waals surface area contributed by atoms with Crippen molar-refractivity contribution in [3.05, 3.63) is 59.7 Å². The second-order valence-corrected chi connectivity index (χ2v) is 6.78. The number of nitrogens with zero attached hydrogens (tertiary/aromatic N) is 1. The van der Waals surface area contributed by atoms with Crippen LogP contribution in [-0.4, -0.2) is 42.3 Å². The van der Waals surface area contributed by atoms with Crippen molar-refractivity contribution in [2.75, 3.05) is 30.3 Å². The van der Waals surface area contributed by atoms with Crippen molar-refractivity contribution in [1.82, 2.24) is 4.90 Å². The second kappa shape index (κ2) is 9.03. The third-order valence-electron chi connectivity index (χ3n) is 4.66. The molecule has 4 N–H and O–H groups in total. The van der Waals surface area contributed by atoms with Crippen molar-refractivity contribution in [2.45, 2.75) is 19.3 Å². The minimum Gasteiger partial charge on any atom is -0.376 e. The van der Waals surface area contributed by atoms with Gasteiger partial charge in [0.2, 0.25) is 11.8 Å². The fourth-order valence-corrected chi connectivity index (χ4v) is 3.15. The first-order valence-electron chi connectivity index (χ1n) is 9.36. The fraction of sp³-hybridized carbons (Fsp3) is 0.286. The number of anilines is 2. The Morgan fingerprint density at radius 3 is 2.29 bits per heavy atom. The summed E-state index contributed by atoms with van der Waals surface area (Å²) in [6, 6.07) is 13.6. The van der Waals surface area contributed by atoms with Gasteiger partial charge in [-0.3, -0.25) is 14.4 Å². The number of nitrogens with two attached hydrogens (primary N) is 1. The Morgan fingerprint density at radius 2 is 1.61 bits per heavy atom. The van der Waals surface area contributed by atoms with Crippen LogP contribution in [0.15, 0.2) is 48.5 Å². The SMILES string of the molecule is NC(=O)c1cccc(NC(=O)CNc2ccc(C(=O)N3CCCCC3)cc2)c1. The number of benzene rings is 2. The van der Waals surface area contributed by atoms with Crippen molar-refractivity contribution in [3.8, 4) is 0 Å². The van der Waals surface area contributed by atoms with Gasteiger partial charge in [-0.05, 0) is 61.7 Å². The number of nitrogens with one attached hydrogen (secondary N) is 2. The summed E-state index contributed by atoms with van der Waals surface area (Å²) in [5.74, 6) is -0.748. The van der Waals surface area contributed by atoms with Crippen molar-refractivity contribution in [2.24, 2.45) is 5.73 Å². The molecular weight excluding hydrogens is 356 g/mol. The van der Waals surface area contributed by atoms with Gasteiger partial charge in [-0.25, -0.2) is 0 Å². The van der Waals surface area contributed by atoms with E-state index in [-0.39, 0.29) is 18.4 Å². The highest BCUT2D eigenvalue weighted by atomic mass is 16.2. The molecule has 0 atom stereocenters. The van der Waals surface area contributed by atoms with E-state index in [1.807, 2.05) is 4.90 Å². The van der Waals surface area contributed by atoms with Crippen LogP contribution >= 0.6 is 0 Å². The molecule has 3 amide bonds. The Labute approximate surface area is 163 Å². The zero-order chi connectivity index (χ0) is 19.9. The van der Waals surface area contributed by atoms with E-state index in [4.69, 9.17) is 5.73 Å². The Bertz CT molecular complexity index is 858. The van der Waals surface area contributed by atoms with Gasteiger partial charge < -0.3 is 21.3 Å². The topological polar surface area (TPSA) is 105 Å². The van der Waals surface area contributed by atoms with Crippen LogP contribution in [-0.2, 0) is 4.79 Å². The molecule has 2 aromatic carbocycles. The lowest BCUT2D eigenvalue weighted by Gasteiger charge is -2.26. The van der Waals surface area contributed by atoms with E-state index in [9.17, 15) is 14.4 Å². The highest BCUT2D eigenvalue weighted by Gasteiger charge is 2.17. The highest BCUT2D eigenvalue weighted by Crippen LogP contribution is 2.16. The summed E-state index contributed by atoms with van der Waals surface area (Å²) >= 11 is 0. The van der Waals surface area contributed by atoms with E-state index in [0.29, 0.717) is 16.8 Å². The molecule has 1 aliphatic heterocycles. The molecule has 7 nitrogen and oxygen atoms in total. The first-order valence-corrected chi connectivity index (χ1v) is 9.36. The third kappa shape index (κ3) is 5.09. The predicted octanol–water partition coefficient (Wildman–Crippen LogP) is 2.46. The van der Waals surface area contributed by atoms with Gasteiger partial charge in [-0.1, -0.05) is 6.07 Å². The van der Waals surface area contributed by atoms with Gasteiger partial charge in [-0.2, -0.15) is 0 Å². The average molecular weight is 380 g/mol. The van der Waals surface area contributed by atoms with Gasteiger partial charge in [0.25, 0.3) is 5.91 Å². The maximum atomic E-state index is 12.5. The molecule has 0 aromatic heterocycles. The second-order valence-electron chi connectivity index (χ2n) is 6.78. The molecule has 2 aromatic rings. The molecule has 0 saturated carbocycles. The van der Waals surface area contributed by atoms with Crippen molar-refractivity contribution in [1.29, 1.82) is 0 Å². The number of piperidine rings is 1. The molecular formula is C21H24N4O3. The molecule has 1 heterocycles. The number of amides is 3. The lowest BCUT2D eigenvalue weighted by molar-refractivity contribution is -0.114. The van der Waals surface area contributed by atoms with E-state index < -0.39 is 5.91 Å². The van der Waals surface area contributed by atoms with Crippen molar-refractivity contribution in [3.63, 3.8) is 0 Å². The maximum absolute atomic E-state index is 12.5. The normalized spacial score (nSPS) is 13.6. The smallest absolute Gasteiger partial charge is 0.253 e. The molecule has 0 spiro atoms. The summed E-state index contributed by atoms with van der Waals surface area (Å²) in [5, 5.41) is 5.73. The number of likely N-dealkylation sites (tertiary alicyclic amines) is 1. The van der Waals surface area contributed by atoms with Crippen LogP contribution in [0.2, 0.25) is 0 Å². The van der Waals surface area contributed by atoms with Crippen LogP contribution in [0.1, 0.15) is 40.0 Å². The van der Waals surface area contributed by atoms with Gasteiger partial charge in [0.1, 0.15) is 0 Å². The Morgan fingerprint density at radius 1 is 0.893 bits per heavy atom. The van der Waals surface area contributed by atoms with E-state index in [1.54, 1.807) is 42.5 Å². The van der Waals surface area contributed by atoms with E-state index in [0.717, 1.165) is 31.6 Å². The quantitative estimate of drug-likeness (QED) is 0.716. The molecule has 1 aliphatic rings. The third-order valence-corrected chi connectivity index (χ3v) is 4.66. The van der Waals surface area contributed by atoms with Gasteiger partial charge in [0, 0.05) is 35.6 Å². The molecule has 7 heteroatoms. The summed E-state index contributed by atoms with van der Waals surface area (Å²) < 4.78 is 0. The first-order chi connectivity index (χ1) is 13.5. The van der Waals surface area contributed by atoms with Crippen molar-refractivity contribution >= 4 is 29.1 Å². The van der Waals surface area contributed by atoms with E-state index in [1.165, 1.54) is 12.5 Å². The minimum atomic E-state index is -0.548. The number of primary amides is 1. The van der Waals surface area contributed by atoms with Crippen LogP contribution in [0.5, 0.6) is 0 Å². The maximum Gasteiger partial charge on any atom is 0.253 e. The van der Waals surface area contributed by atoms with Crippen LogP contribution in [0.4, 0.5) is 11.4 Å². The lowest BCUT2D eigenvalue weighted by atomic mass is 10.1. The zero-order valence-corrected chi connectivity index (χ0v) is 15.6. The summed E-state index contributed by atoms with van der Waals surface area (Å²) in [5.41, 5.74) is 7.48. The molecule has 0 unspecified atom stereocenters. The molecule has 0 aliphatic carbocycles. The Hall–Kier alpha value is -3.35.